The van der Waals surface area contributed by atoms with Gasteiger partial charge in [-0.05, 0) is 24.8 Å². The first-order chi connectivity index (χ1) is 9.18. The van der Waals surface area contributed by atoms with Crippen LogP contribution in [-0.4, -0.2) is 16.6 Å². The molecule has 3 heteroatoms. The molecule has 0 atom stereocenters. The highest BCUT2D eigenvalue weighted by Crippen LogP contribution is 2.31. The summed E-state index contributed by atoms with van der Waals surface area (Å²) >= 11 is 0. The lowest BCUT2D eigenvalue weighted by molar-refractivity contribution is -0.123. The van der Waals surface area contributed by atoms with Gasteiger partial charge >= 0.3 is 0 Å². The van der Waals surface area contributed by atoms with Gasteiger partial charge in [-0.15, -0.1) is 0 Å². The first kappa shape index (κ1) is 14.1. The lowest BCUT2D eigenvalue weighted by Gasteiger charge is -2.31. The molecule has 104 valence electrons. The highest BCUT2D eigenvalue weighted by atomic mass is 16.3. The van der Waals surface area contributed by atoms with Crippen molar-refractivity contribution in [2.24, 2.45) is 0 Å². The van der Waals surface area contributed by atoms with Crippen molar-refractivity contribution in [3.8, 4) is 0 Å². The number of nitrogens with one attached hydrogen (secondary N) is 1. The van der Waals surface area contributed by atoms with Gasteiger partial charge in [0, 0.05) is 13.0 Å². The zero-order valence-corrected chi connectivity index (χ0v) is 11.4. The maximum Gasteiger partial charge on any atom is 0.220 e. The summed E-state index contributed by atoms with van der Waals surface area (Å²) in [7, 11) is 0. The molecule has 1 saturated carbocycles. The molecule has 0 radical (unpaired) electrons. The third kappa shape index (κ3) is 4.67. The number of aliphatic hydroxyl groups is 1. The summed E-state index contributed by atoms with van der Waals surface area (Å²) in [6.07, 6.45) is 6.08. The molecule has 0 aliphatic heterocycles. The number of carbonyl (C=O) groups excluding carboxylic acids is 1. The summed E-state index contributed by atoms with van der Waals surface area (Å²) in [5, 5.41) is 13.2. The molecular formula is C16H23NO2. The number of amides is 1. The molecule has 0 spiro atoms. The van der Waals surface area contributed by atoms with E-state index in [9.17, 15) is 9.90 Å². The molecule has 1 aliphatic rings. The van der Waals surface area contributed by atoms with Crippen LogP contribution in [0.1, 0.15) is 50.5 Å². The van der Waals surface area contributed by atoms with Gasteiger partial charge in [0.2, 0.25) is 5.91 Å². The van der Waals surface area contributed by atoms with E-state index in [4.69, 9.17) is 0 Å². The minimum atomic E-state index is -0.595. The van der Waals surface area contributed by atoms with E-state index >= 15 is 0 Å². The van der Waals surface area contributed by atoms with Crippen molar-refractivity contribution < 1.29 is 9.90 Å². The Morgan fingerprint density at radius 1 is 1.16 bits per heavy atom. The quantitative estimate of drug-likeness (QED) is 0.856. The molecule has 0 heterocycles. The minimum Gasteiger partial charge on any atom is -0.390 e. The summed E-state index contributed by atoms with van der Waals surface area (Å²) in [6.45, 7) is 0.568. The van der Waals surface area contributed by atoms with E-state index in [0.29, 0.717) is 19.4 Å². The molecule has 0 saturated heterocycles. The maximum atomic E-state index is 11.8. The Hall–Kier alpha value is -1.35. The van der Waals surface area contributed by atoms with Gasteiger partial charge in [-0.25, -0.2) is 0 Å². The van der Waals surface area contributed by atoms with Crippen LogP contribution in [0.3, 0.4) is 0 Å². The first-order valence-electron chi connectivity index (χ1n) is 7.21. The van der Waals surface area contributed by atoms with Crippen LogP contribution < -0.4 is 5.32 Å². The summed E-state index contributed by atoms with van der Waals surface area (Å²) in [5.74, 6) is 0.0304. The van der Waals surface area contributed by atoms with Crippen LogP contribution in [-0.2, 0) is 11.3 Å². The lowest BCUT2D eigenvalue weighted by Crippen LogP contribution is -2.33. The molecule has 0 bridgehead atoms. The van der Waals surface area contributed by atoms with Gasteiger partial charge < -0.3 is 10.4 Å². The average molecular weight is 261 g/mol. The third-order valence-electron chi connectivity index (χ3n) is 3.93. The fourth-order valence-corrected chi connectivity index (χ4v) is 2.69. The fraction of sp³-hybridized carbons (Fsp3) is 0.562. The van der Waals surface area contributed by atoms with E-state index in [-0.39, 0.29) is 5.91 Å². The van der Waals surface area contributed by atoms with Crippen molar-refractivity contribution in [3.05, 3.63) is 35.9 Å². The summed E-state index contributed by atoms with van der Waals surface area (Å²) < 4.78 is 0. The molecule has 3 nitrogen and oxygen atoms in total. The van der Waals surface area contributed by atoms with Gasteiger partial charge in [-0.1, -0.05) is 49.6 Å². The van der Waals surface area contributed by atoms with Crippen molar-refractivity contribution in [2.45, 2.75) is 57.1 Å². The monoisotopic (exact) mass is 261 g/mol. The normalized spacial score (nSPS) is 17.9. The van der Waals surface area contributed by atoms with E-state index in [1.165, 1.54) is 6.42 Å². The van der Waals surface area contributed by atoms with Crippen molar-refractivity contribution >= 4 is 5.91 Å². The summed E-state index contributed by atoms with van der Waals surface area (Å²) in [6, 6.07) is 9.88. The van der Waals surface area contributed by atoms with E-state index in [0.717, 1.165) is 31.2 Å². The molecule has 2 rings (SSSR count). The van der Waals surface area contributed by atoms with Crippen molar-refractivity contribution in [1.82, 2.24) is 5.32 Å². The standard InChI is InChI=1S/C16H23NO2/c18-15(17-13-14-7-3-1-4-8-14)9-12-16(19)10-5-2-6-11-16/h1,3-4,7-8,19H,2,5-6,9-13H2,(H,17,18). The Labute approximate surface area is 115 Å². The molecule has 2 N–H and O–H groups in total. The second-order valence-electron chi connectivity index (χ2n) is 5.55. The van der Waals surface area contributed by atoms with Crippen LogP contribution in [0.25, 0.3) is 0 Å². The van der Waals surface area contributed by atoms with Crippen LogP contribution in [0.4, 0.5) is 0 Å². The zero-order valence-electron chi connectivity index (χ0n) is 11.4. The van der Waals surface area contributed by atoms with E-state index in [2.05, 4.69) is 5.32 Å². The molecule has 1 fully saturated rings. The lowest BCUT2D eigenvalue weighted by atomic mass is 9.81. The maximum absolute atomic E-state index is 11.8. The third-order valence-corrected chi connectivity index (χ3v) is 3.93. The predicted molar refractivity (Wildman–Crippen MR) is 75.6 cm³/mol. The van der Waals surface area contributed by atoms with Crippen LogP contribution in [0.2, 0.25) is 0 Å². The van der Waals surface area contributed by atoms with Crippen LogP contribution >= 0.6 is 0 Å². The number of rotatable bonds is 5. The van der Waals surface area contributed by atoms with Crippen LogP contribution in [0, 0.1) is 0 Å². The van der Waals surface area contributed by atoms with Crippen molar-refractivity contribution in [1.29, 1.82) is 0 Å². The molecule has 0 unspecified atom stereocenters. The van der Waals surface area contributed by atoms with Crippen molar-refractivity contribution in [2.75, 3.05) is 0 Å². The SMILES string of the molecule is O=C(CCC1(O)CCCCC1)NCc1ccccc1. The van der Waals surface area contributed by atoms with Gasteiger partial charge in [0.25, 0.3) is 0 Å². The molecule has 1 aromatic rings. The topological polar surface area (TPSA) is 49.3 Å². The Bertz CT molecular complexity index is 396. The first-order valence-corrected chi connectivity index (χ1v) is 7.21. The van der Waals surface area contributed by atoms with Gasteiger partial charge in [-0.3, -0.25) is 4.79 Å². The highest BCUT2D eigenvalue weighted by Gasteiger charge is 2.29. The fourth-order valence-electron chi connectivity index (χ4n) is 2.69. The van der Waals surface area contributed by atoms with Gasteiger partial charge in [0.1, 0.15) is 0 Å². The molecular weight excluding hydrogens is 238 g/mol. The van der Waals surface area contributed by atoms with Gasteiger partial charge in [0.15, 0.2) is 0 Å². The molecule has 1 aromatic carbocycles. The Kier molecular flexibility index (Phi) is 4.97. The minimum absolute atomic E-state index is 0.0304. The number of hydrogen-bond donors (Lipinski definition) is 2. The number of benzene rings is 1. The summed E-state index contributed by atoms with van der Waals surface area (Å²) in [4.78, 5) is 11.8. The summed E-state index contributed by atoms with van der Waals surface area (Å²) in [5.41, 5.74) is 0.509. The van der Waals surface area contributed by atoms with Crippen molar-refractivity contribution in [3.63, 3.8) is 0 Å². The Morgan fingerprint density at radius 3 is 2.53 bits per heavy atom. The van der Waals surface area contributed by atoms with Gasteiger partial charge in [-0.2, -0.15) is 0 Å². The predicted octanol–water partition coefficient (Wildman–Crippen LogP) is 2.78. The molecule has 1 amide bonds. The van der Waals surface area contributed by atoms with Crippen LogP contribution in [0.15, 0.2) is 30.3 Å². The second kappa shape index (κ2) is 6.71. The van der Waals surface area contributed by atoms with E-state index in [1.807, 2.05) is 30.3 Å². The second-order valence-corrected chi connectivity index (χ2v) is 5.55. The number of hydrogen-bond acceptors (Lipinski definition) is 2. The number of carbonyl (C=O) groups is 1. The molecule has 19 heavy (non-hydrogen) atoms. The smallest absolute Gasteiger partial charge is 0.220 e. The molecule has 0 aromatic heterocycles. The van der Waals surface area contributed by atoms with Gasteiger partial charge in [0.05, 0.1) is 5.60 Å². The average Bonchev–Trinajstić information content (AvgIpc) is 2.45. The zero-order chi connectivity index (χ0) is 13.6. The highest BCUT2D eigenvalue weighted by molar-refractivity contribution is 5.75. The largest absolute Gasteiger partial charge is 0.390 e. The Balaban J connectivity index is 1.70. The molecule has 1 aliphatic carbocycles. The van der Waals surface area contributed by atoms with E-state index < -0.39 is 5.60 Å². The van der Waals surface area contributed by atoms with E-state index in [1.54, 1.807) is 0 Å². The van der Waals surface area contributed by atoms with Crippen LogP contribution in [0.5, 0.6) is 0 Å². The Morgan fingerprint density at radius 2 is 1.84 bits per heavy atom.